The molecule has 0 unspecified atom stereocenters. The van der Waals surface area contributed by atoms with Crippen LogP contribution >= 0.6 is 0 Å². The largest absolute Gasteiger partial charge is 0.497 e. The summed E-state index contributed by atoms with van der Waals surface area (Å²) in [6, 6.07) is 16.0. The average molecular weight is 665 g/mol. The first-order valence-corrected chi connectivity index (χ1v) is 17.1. The quantitative estimate of drug-likeness (QED) is 0.0458. The lowest BCUT2D eigenvalue weighted by atomic mass is 9.83. The Hall–Kier alpha value is -4.04. The molecule has 0 atom stereocenters. The highest BCUT2D eigenvalue weighted by atomic mass is 16.5. The number of aldehydes is 2. The lowest BCUT2D eigenvalue weighted by Crippen LogP contribution is -2.26. The zero-order chi connectivity index (χ0) is 35.2. The number of unbranched alkanes of at least 4 members (excludes halogenated alkanes) is 6. The van der Waals surface area contributed by atoms with Crippen molar-refractivity contribution in [1.29, 1.82) is 0 Å². The summed E-state index contributed by atoms with van der Waals surface area (Å²) in [6.45, 7) is 7.80. The summed E-state index contributed by atoms with van der Waals surface area (Å²) in [5.41, 5.74) is 2.61. The van der Waals surface area contributed by atoms with Gasteiger partial charge in [-0.2, -0.15) is 0 Å². The predicted molar refractivity (Wildman–Crippen MR) is 190 cm³/mol. The summed E-state index contributed by atoms with van der Waals surface area (Å²) in [5, 5.41) is 0. The summed E-state index contributed by atoms with van der Waals surface area (Å²) < 4.78 is 20.6. The van der Waals surface area contributed by atoms with E-state index in [2.05, 4.69) is 25.3 Å². The smallest absolute Gasteiger partial charge is 0.330 e. The number of ether oxygens (including phenoxy) is 4. The van der Waals surface area contributed by atoms with Crippen molar-refractivity contribution in [3.8, 4) is 11.5 Å². The molecule has 0 spiro atoms. The number of aryl methyl sites for hydroxylation is 2. The number of carbonyl (C=O) groups excluding carboxylic acids is 4. The first kappa shape index (κ1) is 42.0. The third-order valence-corrected chi connectivity index (χ3v) is 8.03. The van der Waals surface area contributed by atoms with Crippen molar-refractivity contribution in [2.45, 2.75) is 89.9 Å². The van der Waals surface area contributed by atoms with Gasteiger partial charge < -0.3 is 23.7 Å². The van der Waals surface area contributed by atoms with Gasteiger partial charge in [-0.15, -0.1) is 0 Å². The number of esters is 2. The fraction of sp³-hybridized carbons (Fsp3) is 0.500. The maximum absolute atomic E-state index is 12.2. The molecular formula is C40H56O8. The Labute approximate surface area is 287 Å². The number of rotatable bonds is 20. The van der Waals surface area contributed by atoms with Gasteiger partial charge in [-0.25, -0.2) is 4.79 Å². The third-order valence-electron chi connectivity index (χ3n) is 8.03. The van der Waals surface area contributed by atoms with Crippen molar-refractivity contribution in [1.82, 2.24) is 0 Å². The summed E-state index contributed by atoms with van der Waals surface area (Å²) >= 11 is 0. The standard InChI is InChI=1S/C21H30O4.C16H22O3.C3H4O/c1-24-15-5-3-2-4-6-17-9-13-20(14-10-17)25-21(23)19-11-7-18(16-22)8-12-19;1-3-16(17)19-13-7-5-4-6-8-14-9-11-15(18-2)12-10-14;1-2-3-4/h9-10,13-14,16,18-19H,2-8,11-12,15H2,1H3;3,9-12H,1,4-8,13H2,2H3;2-3H,1H2. The zero-order valence-corrected chi connectivity index (χ0v) is 29.1. The number of carbonyl (C=O) groups is 4. The molecule has 0 aromatic heterocycles. The Bertz CT molecular complexity index is 1160. The lowest BCUT2D eigenvalue weighted by molar-refractivity contribution is -0.140. The Morgan fingerprint density at radius 1 is 0.708 bits per heavy atom. The molecule has 2 aromatic carbocycles. The van der Waals surface area contributed by atoms with Gasteiger partial charge >= 0.3 is 11.9 Å². The van der Waals surface area contributed by atoms with E-state index in [4.69, 9.17) is 23.7 Å². The van der Waals surface area contributed by atoms with Gasteiger partial charge in [0.1, 0.15) is 24.1 Å². The molecular weight excluding hydrogens is 608 g/mol. The van der Waals surface area contributed by atoms with E-state index in [9.17, 15) is 14.4 Å². The molecule has 0 saturated heterocycles. The van der Waals surface area contributed by atoms with Crippen LogP contribution in [0.25, 0.3) is 0 Å². The van der Waals surface area contributed by atoms with E-state index >= 15 is 0 Å². The fourth-order valence-corrected chi connectivity index (χ4v) is 5.15. The van der Waals surface area contributed by atoms with Crippen LogP contribution < -0.4 is 9.47 Å². The van der Waals surface area contributed by atoms with Crippen LogP contribution in [0.2, 0.25) is 0 Å². The Morgan fingerprint density at radius 3 is 1.67 bits per heavy atom. The predicted octanol–water partition coefficient (Wildman–Crippen LogP) is 8.25. The van der Waals surface area contributed by atoms with E-state index in [1.54, 1.807) is 14.2 Å². The zero-order valence-electron chi connectivity index (χ0n) is 29.1. The van der Waals surface area contributed by atoms with E-state index in [-0.39, 0.29) is 23.8 Å². The van der Waals surface area contributed by atoms with Gasteiger partial charge in [-0.05, 0) is 106 Å². The van der Waals surface area contributed by atoms with Gasteiger partial charge in [0.2, 0.25) is 0 Å². The molecule has 0 aliphatic heterocycles. The van der Waals surface area contributed by atoms with Crippen LogP contribution in [0.3, 0.4) is 0 Å². The van der Waals surface area contributed by atoms with Crippen LogP contribution in [-0.2, 0) is 41.5 Å². The minimum Gasteiger partial charge on any atom is -0.497 e. The van der Waals surface area contributed by atoms with Crippen LogP contribution in [0.4, 0.5) is 0 Å². The molecule has 0 amide bonds. The maximum atomic E-state index is 12.2. The number of methoxy groups -OCH3 is 2. The van der Waals surface area contributed by atoms with Crippen molar-refractivity contribution in [2.24, 2.45) is 11.8 Å². The van der Waals surface area contributed by atoms with Crippen molar-refractivity contribution in [3.63, 3.8) is 0 Å². The number of hydrogen-bond donors (Lipinski definition) is 0. The van der Waals surface area contributed by atoms with Crippen LogP contribution in [0.5, 0.6) is 11.5 Å². The minimum absolute atomic E-state index is 0.0667. The maximum Gasteiger partial charge on any atom is 0.330 e. The summed E-state index contributed by atoms with van der Waals surface area (Å²) in [4.78, 5) is 42.8. The van der Waals surface area contributed by atoms with Gasteiger partial charge in [0.05, 0.1) is 19.6 Å². The van der Waals surface area contributed by atoms with E-state index in [1.807, 2.05) is 36.4 Å². The Morgan fingerprint density at radius 2 is 1.21 bits per heavy atom. The fourth-order valence-electron chi connectivity index (χ4n) is 5.15. The van der Waals surface area contributed by atoms with Crippen LogP contribution in [-0.4, -0.2) is 51.9 Å². The summed E-state index contributed by atoms with van der Waals surface area (Å²) in [6.07, 6.45) is 18.3. The third kappa shape index (κ3) is 20.3. The molecule has 48 heavy (non-hydrogen) atoms. The van der Waals surface area contributed by atoms with E-state index in [1.165, 1.54) is 42.5 Å². The lowest BCUT2D eigenvalue weighted by Gasteiger charge is -2.23. The van der Waals surface area contributed by atoms with Crippen molar-refractivity contribution >= 4 is 24.5 Å². The molecule has 0 bridgehead atoms. The van der Waals surface area contributed by atoms with Crippen LogP contribution in [0, 0.1) is 11.8 Å². The normalized spacial score (nSPS) is 14.9. The first-order chi connectivity index (χ1) is 23.4. The average Bonchev–Trinajstić information content (AvgIpc) is 3.13. The van der Waals surface area contributed by atoms with Gasteiger partial charge in [-0.3, -0.25) is 9.59 Å². The van der Waals surface area contributed by atoms with Crippen LogP contribution in [0.1, 0.15) is 88.2 Å². The number of allylic oxidation sites excluding steroid dienone is 1. The molecule has 1 saturated carbocycles. The molecule has 0 radical (unpaired) electrons. The molecule has 0 heterocycles. The van der Waals surface area contributed by atoms with Crippen molar-refractivity contribution in [2.75, 3.05) is 27.4 Å². The van der Waals surface area contributed by atoms with Crippen molar-refractivity contribution < 1.29 is 38.1 Å². The van der Waals surface area contributed by atoms with Gasteiger partial charge in [0.25, 0.3) is 0 Å². The van der Waals surface area contributed by atoms with Crippen LogP contribution in [0.15, 0.2) is 73.8 Å². The minimum atomic E-state index is -0.335. The molecule has 3 rings (SSSR count). The summed E-state index contributed by atoms with van der Waals surface area (Å²) in [7, 11) is 3.42. The molecule has 8 heteroatoms. The highest BCUT2D eigenvalue weighted by molar-refractivity contribution is 5.81. The Balaban J connectivity index is 0.000000445. The molecule has 8 nitrogen and oxygen atoms in total. The second kappa shape index (κ2) is 28.0. The molecule has 1 fully saturated rings. The second-order valence-electron chi connectivity index (χ2n) is 11.7. The SMILES string of the molecule is C=CC(=O)OCCCCCCc1ccc(OC)cc1.C=CC=O.COCCCCCCc1ccc(OC(=O)C2CCC(C=O)CC2)cc1. The molecule has 0 N–H and O–H groups in total. The molecule has 264 valence electrons. The van der Waals surface area contributed by atoms with E-state index in [0.717, 1.165) is 89.3 Å². The molecule has 2 aromatic rings. The highest BCUT2D eigenvalue weighted by Gasteiger charge is 2.27. The molecule has 1 aliphatic carbocycles. The monoisotopic (exact) mass is 664 g/mol. The van der Waals surface area contributed by atoms with Gasteiger partial charge in [0, 0.05) is 25.7 Å². The van der Waals surface area contributed by atoms with Gasteiger partial charge in [0.15, 0.2) is 0 Å². The topological polar surface area (TPSA) is 105 Å². The molecule has 1 aliphatic rings. The number of hydrogen-bond acceptors (Lipinski definition) is 8. The van der Waals surface area contributed by atoms with E-state index in [0.29, 0.717) is 18.6 Å². The van der Waals surface area contributed by atoms with E-state index < -0.39 is 0 Å². The second-order valence-corrected chi connectivity index (χ2v) is 11.7. The Kier molecular flexibility index (Phi) is 24.5. The highest BCUT2D eigenvalue weighted by Crippen LogP contribution is 2.29. The summed E-state index contributed by atoms with van der Waals surface area (Å²) in [5.74, 6) is 1.08. The van der Waals surface area contributed by atoms with Crippen molar-refractivity contribution in [3.05, 3.63) is 85.0 Å². The first-order valence-electron chi connectivity index (χ1n) is 17.1. The van der Waals surface area contributed by atoms with Gasteiger partial charge in [-0.1, -0.05) is 63.1 Å². The number of benzene rings is 2.